The number of hydrogen-bond donors (Lipinski definition) is 1. The first kappa shape index (κ1) is 23.1. The number of alkyl halides is 3. The van der Waals surface area contributed by atoms with Crippen LogP contribution in [0.4, 0.5) is 13.2 Å². The fraction of sp³-hybridized carbons (Fsp3) is 0.211. The van der Waals surface area contributed by atoms with Gasteiger partial charge in [-0.2, -0.15) is 13.2 Å². The predicted octanol–water partition coefficient (Wildman–Crippen LogP) is 6.26. The van der Waals surface area contributed by atoms with Gasteiger partial charge in [-0.05, 0) is 12.1 Å². The molecule has 1 N–H and O–H groups in total. The summed E-state index contributed by atoms with van der Waals surface area (Å²) in [7, 11) is 0. The zero-order valence-corrected chi connectivity index (χ0v) is 18.9. The summed E-state index contributed by atoms with van der Waals surface area (Å²) >= 11 is 19.8. The third-order valence-electron chi connectivity index (χ3n) is 4.29. The maximum absolute atomic E-state index is 13.0. The van der Waals surface area contributed by atoms with E-state index in [0.717, 1.165) is 23.6 Å². The van der Waals surface area contributed by atoms with Crippen LogP contribution in [0.25, 0.3) is 26.9 Å². The Labute approximate surface area is 198 Å². The highest BCUT2D eigenvalue weighted by Crippen LogP contribution is 2.40. The van der Waals surface area contributed by atoms with Crippen molar-refractivity contribution in [2.45, 2.75) is 12.6 Å². The zero-order valence-electron chi connectivity index (χ0n) is 15.8. The van der Waals surface area contributed by atoms with E-state index in [1.165, 1.54) is 10.6 Å². The van der Waals surface area contributed by atoms with Crippen molar-refractivity contribution >= 4 is 51.8 Å². The van der Waals surface area contributed by atoms with E-state index < -0.39 is 11.7 Å². The van der Waals surface area contributed by atoms with Gasteiger partial charge in [0.05, 0.1) is 27.2 Å². The van der Waals surface area contributed by atoms with Crippen molar-refractivity contribution in [3.63, 3.8) is 0 Å². The van der Waals surface area contributed by atoms with E-state index in [1.54, 1.807) is 12.1 Å². The molecule has 0 saturated heterocycles. The summed E-state index contributed by atoms with van der Waals surface area (Å²) in [5.41, 5.74) is 0.0914. The molecule has 0 saturated carbocycles. The monoisotopic (exact) mass is 522 g/mol. The SMILES string of the molecule is OCCCOc1cc(Cl)c(-c2nnc(-c3cn4cc(C(F)(F)F)cc(Cl)c4n3)s2)cc1Cl. The van der Waals surface area contributed by atoms with Crippen molar-refractivity contribution < 1.29 is 23.0 Å². The largest absolute Gasteiger partial charge is 0.492 e. The lowest BCUT2D eigenvalue weighted by atomic mass is 10.2. The highest BCUT2D eigenvalue weighted by atomic mass is 35.5. The fourth-order valence-electron chi connectivity index (χ4n) is 2.80. The number of imidazole rings is 1. The van der Waals surface area contributed by atoms with Crippen molar-refractivity contribution in [1.82, 2.24) is 19.6 Å². The van der Waals surface area contributed by atoms with Gasteiger partial charge in [0.2, 0.25) is 0 Å². The standard InChI is InChI=1S/C19H12Cl3F3N4O2S/c20-11-6-15(31-3-1-2-30)12(21)5-10(11)17-27-28-18(32-17)14-8-29-7-9(19(23,24)25)4-13(22)16(29)26-14/h4-8,30H,1-3H2. The smallest absolute Gasteiger partial charge is 0.417 e. The fourth-order valence-corrected chi connectivity index (χ4v) is 4.40. The van der Waals surface area contributed by atoms with Gasteiger partial charge in [0.25, 0.3) is 0 Å². The van der Waals surface area contributed by atoms with Crippen molar-refractivity contribution in [2.75, 3.05) is 13.2 Å². The molecule has 0 fully saturated rings. The summed E-state index contributed by atoms with van der Waals surface area (Å²) < 4.78 is 45.8. The number of halogens is 6. The van der Waals surface area contributed by atoms with E-state index in [4.69, 9.17) is 44.6 Å². The second-order valence-electron chi connectivity index (χ2n) is 6.53. The van der Waals surface area contributed by atoms with Crippen molar-refractivity contribution in [1.29, 1.82) is 0 Å². The quantitative estimate of drug-likeness (QED) is 0.302. The van der Waals surface area contributed by atoms with Gasteiger partial charge in [0.15, 0.2) is 10.7 Å². The summed E-state index contributed by atoms with van der Waals surface area (Å²) in [6.07, 6.45) is -1.79. The molecule has 4 rings (SSSR count). The molecule has 0 unspecified atom stereocenters. The van der Waals surface area contributed by atoms with Crippen LogP contribution in [0.5, 0.6) is 5.75 Å². The average Bonchev–Trinajstić information content (AvgIpc) is 3.37. The minimum absolute atomic E-state index is 0.0111. The van der Waals surface area contributed by atoms with Crippen LogP contribution in [0.1, 0.15) is 12.0 Å². The second-order valence-corrected chi connectivity index (χ2v) is 8.73. The van der Waals surface area contributed by atoms with Crippen LogP contribution in [-0.2, 0) is 6.18 Å². The Hall–Kier alpha value is -2.11. The summed E-state index contributed by atoms with van der Waals surface area (Å²) in [6.45, 7) is 0.268. The van der Waals surface area contributed by atoms with E-state index in [0.29, 0.717) is 43.5 Å². The van der Waals surface area contributed by atoms with E-state index in [2.05, 4.69) is 15.2 Å². The Bertz CT molecular complexity index is 1290. The van der Waals surface area contributed by atoms with Crippen LogP contribution < -0.4 is 4.74 Å². The molecule has 1 aromatic carbocycles. The zero-order chi connectivity index (χ0) is 23.0. The third kappa shape index (κ3) is 4.65. The Kier molecular flexibility index (Phi) is 6.51. The molecule has 168 valence electrons. The molecule has 3 heterocycles. The number of aromatic nitrogens is 4. The maximum Gasteiger partial charge on any atom is 0.417 e. The number of aliphatic hydroxyl groups is 1. The average molecular weight is 524 g/mol. The van der Waals surface area contributed by atoms with E-state index in [-0.39, 0.29) is 23.9 Å². The van der Waals surface area contributed by atoms with E-state index in [1.807, 2.05) is 0 Å². The number of hydrogen-bond acceptors (Lipinski definition) is 6. The number of aliphatic hydroxyl groups excluding tert-OH is 1. The van der Waals surface area contributed by atoms with Gasteiger partial charge in [0.1, 0.15) is 16.5 Å². The van der Waals surface area contributed by atoms with Crippen LogP contribution in [-0.4, -0.2) is 37.9 Å². The molecule has 0 bridgehead atoms. The Balaban J connectivity index is 1.66. The van der Waals surface area contributed by atoms with E-state index in [9.17, 15) is 13.2 Å². The van der Waals surface area contributed by atoms with Gasteiger partial charge in [-0.15, -0.1) is 10.2 Å². The highest BCUT2D eigenvalue weighted by Gasteiger charge is 2.32. The van der Waals surface area contributed by atoms with E-state index >= 15 is 0 Å². The Morgan fingerprint density at radius 2 is 1.75 bits per heavy atom. The summed E-state index contributed by atoms with van der Waals surface area (Å²) in [5, 5.41) is 18.3. The lowest BCUT2D eigenvalue weighted by Crippen LogP contribution is -2.06. The van der Waals surface area contributed by atoms with Crippen LogP contribution in [0.2, 0.25) is 15.1 Å². The second kappa shape index (κ2) is 9.03. The summed E-state index contributed by atoms with van der Waals surface area (Å²) in [5.74, 6) is 0.370. The minimum atomic E-state index is -4.54. The van der Waals surface area contributed by atoms with Gasteiger partial charge in [-0.1, -0.05) is 46.1 Å². The molecule has 13 heteroatoms. The number of pyridine rings is 1. The topological polar surface area (TPSA) is 72.5 Å². The van der Waals surface area contributed by atoms with Crippen LogP contribution in [0.3, 0.4) is 0 Å². The highest BCUT2D eigenvalue weighted by molar-refractivity contribution is 7.18. The molecule has 0 amide bonds. The summed E-state index contributed by atoms with van der Waals surface area (Å²) in [4.78, 5) is 4.28. The number of benzene rings is 1. The summed E-state index contributed by atoms with van der Waals surface area (Å²) in [6, 6.07) is 3.95. The molecule has 0 atom stereocenters. The van der Waals surface area contributed by atoms with Gasteiger partial charge < -0.3 is 14.2 Å². The molecule has 0 aliphatic heterocycles. The van der Waals surface area contributed by atoms with Crippen molar-refractivity contribution in [3.8, 4) is 27.0 Å². The Morgan fingerprint density at radius 1 is 1.00 bits per heavy atom. The minimum Gasteiger partial charge on any atom is -0.492 e. The lowest BCUT2D eigenvalue weighted by molar-refractivity contribution is -0.137. The normalized spacial score (nSPS) is 12.0. The lowest BCUT2D eigenvalue weighted by Gasteiger charge is -2.09. The molecular weight excluding hydrogens is 512 g/mol. The van der Waals surface area contributed by atoms with Gasteiger partial charge >= 0.3 is 6.18 Å². The third-order valence-corrected chi connectivity index (χ3v) is 6.16. The first-order valence-corrected chi connectivity index (χ1v) is 10.9. The first-order chi connectivity index (χ1) is 15.2. The van der Waals surface area contributed by atoms with Gasteiger partial charge in [-0.25, -0.2) is 4.98 Å². The number of ether oxygens (including phenoxy) is 1. The molecule has 3 aromatic heterocycles. The van der Waals surface area contributed by atoms with Crippen LogP contribution in [0.15, 0.2) is 30.6 Å². The number of fused-ring (bicyclic) bond motifs is 1. The molecule has 0 radical (unpaired) electrons. The molecule has 6 nitrogen and oxygen atoms in total. The number of rotatable bonds is 6. The number of nitrogens with zero attached hydrogens (tertiary/aromatic N) is 4. The van der Waals surface area contributed by atoms with Crippen molar-refractivity contribution in [2.24, 2.45) is 0 Å². The van der Waals surface area contributed by atoms with Crippen LogP contribution >= 0.6 is 46.1 Å². The predicted molar refractivity (Wildman–Crippen MR) is 117 cm³/mol. The van der Waals surface area contributed by atoms with Crippen molar-refractivity contribution in [3.05, 3.63) is 51.2 Å². The first-order valence-electron chi connectivity index (χ1n) is 9.00. The molecule has 0 aliphatic carbocycles. The molecule has 0 aliphatic rings. The van der Waals surface area contributed by atoms with Crippen LogP contribution in [0, 0.1) is 0 Å². The van der Waals surface area contributed by atoms with Gasteiger partial charge in [0, 0.05) is 37.1 Å². The molecule has 0 spiro atoms. The maximum atomic E-state index is 13.0. The molecule has 32 heavy (non-hydrogen) atoms. The van der Waals surface area contributed by atoms with Gasteiger partial charge in [-0.3, -0.25) is 0 Å². The molecule has 4 aromatic rings. The molecular formula is C19H12Cl3F3N4O2S. The Morgan fingerprint density at radius 3 is 2.47 bits per heavy atom.